The normalized spacial score (nSPS) is 10.6. The number of amides is 2. The highest BCUT2D eigenvalue weighted by Gasteiger charge is 2.13. The molecule has 0 saturated carbocycles. The van der Waals surface area contributed by atoms with Crippen molar-refractivity contribution < 1.29 is 13.7 Å². The average Bonchev–Trinajstić information content (AvgIpc) is 3.16. The fourth-order valence-electron chi connectivity index (χ4n) is 2.48. The van der Waals surface area contributed by atoms with Gasteiger partial charge in [-0.1, -0.05) is 24.2 Å². The van der Waals surface area contributed by atoms with Crippen LogP contribution in [0.5, 0.6) is 0 Å². The van der Waals surface area contributed by atoms with Gasteiger partial charge in [0.05, 0.1) is 0 Å². The minimum Gasteiger partial charge on any atom is -0.334 e. The van der Waals surface area contributed by atoms with Crippen molar-refractivity contribution >= 4 is 11.7 Å². The highest BCUT2D eigenvalue weighted by atomic mass is 19.1. The second-order valence-corrected chi connectivity index (χ2v) is 6.17. The zero-order valence-electron chi connectivity index (χ0n) is 15.3. The fraction of sp³-hybridized carbons (Fsp3) is 0.250. The van der Waals surface area contributed by atoms with E-state index < -0.39 is 0 Å². The van der Waals surface area contributed by atoms with Crippen LogP contribution in [0, 0.1) is 5.82 Å². The fourth-order valence-corrected chi connectivity index (χ4v) is 2.48. The lowest BCUT2D eigenvalue weighted by Crippen LogP contribution is -2.33. The maximum atomic E-state index is 13.0. The van der Waals surface area contributed by atoms with Crippen LogP contribution in [0.25, 0.3) is 11.5 Å². The number of benzene rings is 2. The number of hydrogen-bond donors (Lipinski definition) is 1. The second kappa shape index (κ2) is 8.44. The van der Waals surface area contributed by atoms with E-state index in [1.807, 2.05) is 24.3 Å². The Balaban J connectivity index is 1.53. The van der Waals surface area contributed by atoms with Crippen molar-refractivity contribution in [1.29, 1.82) is 0 Å². The Labute approximate surface area is 157 Å². The number of halogens is 1. The van der Waals surface area contributed by atoms with E-state index in [0.717, 1.165) is 12.1 Å². The number of nitrogens with zero attached hydrogens (tertiary/aromatic N) is 3. The molecule has 0 aliphatic carbocycles. The third-order valence-corrected chi connectivity index (χ3v) is 4.19. The molecule has 0 atom stereocenters. The van der Waals surface area contributed by atoms with Gasteiger partial charge in [0.1, 0.15) is 5.82 Å². The summed E-state index contributed by atoms with van der Waals surface area (Å²) in [5.41, 5.74) is 2.62. The van der Waals surface area contributed by atoms with Crippen LogP contribution in [-0.4, -0.2) is 34.7 Å². The van der Waals surface area contributed by atoms with Gasteiger partial charge < -0.3 is 14.7 Å². The Morgan fingerprint density at radius 2 is 1.85 bits per heavy atom. The van der Waals surface area contributed by atoms with Gasteiger partial charge in [-0.15, -0.1) is 0 Å². The Morgan fingerprint density at radius 1 is 1.15 bits per heavy atom. The minimum atomic E-state index is -0.324. The highest BCUT2D eigenvalue weighted by Crippen LogP contribution is 2.17. The van der Waals surface area contributed by atoms with E-state index >= 15 is 0 Å². The first-order valence-corrected chi connectivity index (χ1v) is 8.74. The Kier molecular flexibility index (Phi) is 5.80. The zero-order valence-corrected chi connectivity index (χ0v) is 15.3. The predicted molar refractivity (Wildman–Crippen MR) is 101 cm³/mol. The van der Waals surface area contributed by atoms with Crippen LogP contribution in [0.3, 0.4) is 0 Å². The van der Waals surface area contributed by atoms with E-state index in [1.165, 1.54) is 17.7 Å². The van der Waals surface area contributed by atoms with Crippen LogP contribution in [0.1, 0.15) is 18.3 Å². The van der Waals surface area contributed by atoms with Crippen molar-refractivity contribution in [1.82, 2.24) is 15.0 Å². The number of hydrogen-bond acceptors (Lipinski definition) is 4. The molecular weight excluding hydrogens is 347 g/mol. The number of nitrogens with one attached hydrogen (secondary N) is 1. The summed E-state index contributed by atoms with van der Waals surface area (Å²) in [5.74, 6) is 0.491. The number of carbonyl (C=O) groups is 1. The van der Waals surface area contributed by atoms with E-state index in [1.54, 1.807) is 24.1 Å². The largest absolute Gasteiger partial charge is 0.334 e. The monoisotopic (exact) mass is 368 g/mol. The van der Waals surface area contributed by atoms with Gasteiger partial charge in [0, 0.05) is 31.3 Å². The molecule has 3 rings (SSSR count). The van der Waals surface area contributed by atoms with Crippen molar-refractivity contribution in [2.75, 3.05) is 18.9 Å². The molecule has 7 heteroatoms. The molecule has 1 N–H and O–H groups in total. The number of aromatic nitrogens is 2. The summed E-state index contributed by atoms with van der Waals surface area (Å²) < 4.78 is 18.2. The van der Waals surface area contributed by atoms with E-state index in [-0.39, 0.29) is 11.8 Å². The smallest absolute Gasteiger partial charge is 0.321 e. The number of rotatable bonds is 6. The molecule has 0 spiro atoms. The first kappa shape index (κ1) is 18.6. The van der Waals surface area contributed by atoms with Gasteiger partial charge in [-0.05, 0) is 48.4 Å². The van der Waals surface area contributed by atoms with E-state index in [4.69, 9.17) is 4.52 Å². The van der Waals surface area contributed by atoms with E-state index in [9.17, 15) is 9.18 Å². The summed E-state index contributed by atoms with van der Waals surface area (Å²) >= 11 is 0. The molecule has 6 nitrogen and oxygen atoms in total. The first-order chi connectivity index (χ1) is 13.0. The molecule has 0 bridgehead atoms. The van der Waals surface area contributed by atoms with Gasteiger partial charge in [0.15, 0.2) is 5.82 Å². The van der Waals surface area contributed by atoms with Gasteiger partial charge in [0.2, 0.25) is 0 Å². The summed E-state index contributed by atoms with van der Waals surface area (Å²) in [7, 11) is 1.71. The van der Waals surface area contributed by atoms with Crippen LogP contribution in [-0.2, 0) is 12.8 Å². The summed E-state index contributed by atoms with van der Waals surface area (Å²) in [5, 5.41) is 6.76. The van der Waals surface area contributed by atoms with E-state index in [2.05, 4.69) is 22.4 Å². The lowest BCUT2D eigenvalue weighted by Gasteiger charge is -2.17. The lowest BCUT2D eigenvalue weighted by molar-refractivity contribution is 0.222. The maximum Gasteiger partial charge on any atom is 0.321 e. The van der Waals surface area contributed by atoms with Crippen molar-refractivity contribution in [2.24, 2.45) is 0 Å². The van der Waals surface area contributed by atoms with Crippen LogP contribution >= 0.6 is 0 Å². The third-order valence-electron chi connectivity index (χ3n) is 4.19. The summed E-state index contributed by atoms with van der Waals surface area (Å²) in [6.45, 7) is 2.52. The van der Waals surface area contributed by atoms with Crippen molar-refractivity contribution in [3.63, 3.8) is 0 Å². The minimum absolute atomic E-state index is 0.207. The Morgan fingerprint density at radius 3 is 2.52 bits per heavy atom. The number of likely N-dealkylation sites (N-methyl/N-ethyl adjacent to an activating group) is 1. The SMILES string of the molecule is CCc1ccc(NC(=O)N(C)CCc2noc(-c3ccc(F)cc3)n2)cc1. The summed E-state index contributed by atoms with van der Waals surface area (Å²) in [4.78, 5) is 18.1. The average molecular weight is 368 g/mol. The van der Waals surface area contributed by atoms with Gasteiger partial charge in [-0.3, -0.25) is 0 Å². The Bertz CT molecular complexity index is 891. The number of anilines is 1. The highest BCUT2D eigenvalue weighted by molar-refractivity contribution is 5.89. The third kappa shape index (κ3) is 4.91. The quantitative estimate of drug-likeness (QED) is 0.710. The summed E-state index contributed by atoms with van der Waals surface area (Å²) in [6, 6.07) is 13.4. The molecule has 0 aliphatic rings. The summed E-state index contributed by atoms with van der Waals surface area (Å²) in [6.07, 6.45) is 1.40. The van der Waals surface area contributed by atoms with Crippen LogP contribution in [0.4, 0.5) is 14.9 Å². The van der Waals surface area contributed by atoms with Crippen molar-refractivity contribution in [3.8, 4) is 11.5 Å². The molecule has 1 heterocycles. The van der Waals surface area contributed by atoms with Crippen LogP contribution in [0.15, 0.2) is 53.1 Å². The van der Waals surface area contributed by atoms with Crippen molar-refractivity contribution in [2.45, 2.75) is 19.8 Å². The molecule has 140 valence electrons. The first-order valence-electron chi connectivity index (χ1n) is 8.74. The topological polar surface area (TPSA) is 71.3 Å². The lowest BCUT2D eigenvalue weighted by atomic mass is 10.1. The molecule has 2 aromatic carbocycles. The standard InChI is InChI=1S/C20H21FN4O2/c1-3-14-4-10-17(11-5-14)22-20(26)25(2)13-12-18-23-19(27-24-18)15-6-8-16(21)9-7-15/h4-11H,3,12-13H2,1-2H3,(H,22,26). The van der Waals surface area contributed by atoms with Crippen LogP contribution in [0.2, 0.25) is 0 Å². The van der Waals surface area contributed by atoms with Gasteiger partial charge in [-0.25, -0.2) is 9.18 Å². The molecule has 27 heavy (non-hydrogen) atoms. The maximum absolute atomic E-state index is 13.0. The Hall–Kier alpha value is -3.22. The molecule has 0 fully saturated rings. The molecule has 3 aromatic rings. The second-order valence-electron chi connectivity index (χ2n) is 6.17. The molecule has 0 aliphatic heterocycles. The van der Waals surface area contributed by atoms with Crippen LogP contribution < -0.4 is 5.32 Å². The molecule has 0 radical (unpaired) electrons. The van der Waals surface area contributed by atoms with Gasteiger partial charge in [0.25, 0.3) is 5.89 Å². The number of aryl methyl sites for hydroxylation is 1. The van der Waals surface area contributed by atoms with Gasteiger partial charge in [-0.2, -0.15) is 4.98 Å². The van der Waals surface area contributed by atoms with E-state index in [0.29, 0.717) is 30.2 Å². The molecule has 1 aromatic heterocycles. The van der Waals surface area contributed by atoms with Crippen molar-refractivity contribution in [3.05, 3.63) is 65.7 Å². The zero-order chi connectivity index (χ0) is 19.2. The molecule has 2 amide bonds. The molecular formula is C20H21FN4O2. The molecule has 0 saturated heterocycles. The van der Waals surface area contributed by atoms with Gasteiger partial charge >= 0.3 is 6.03 Å². The number of urea groups is 1. The predicted octanol–water partition coefficient (Wildman–Crippen LogP) is 4.14. The number of carbonyl (C=O) groups excluding carboxylic acids is 1. The molecule has 0 unspecified atom stereocenters.